The molecule has 0 bridgehead atoms. The van der Waals surface area contributed by atoms with Crippen molar-refractivity contribution in [2.45, 2.75) is 45.1 Å². The fourth-order valence-electron chi connectivity index (χ4n) is 3.70. The summed E-state index contributed by atoms with van der Waals surface area (Å²) in [6.45, 7) is 3.16. The van der Waals surface area contributed by atoms with Gasteiger partial charge in [0.05, 0.1) is 25.9 Å². The summed E-state index contributed by atoms with van der Waals surface area (Å²) < 4.78 is 44.3. The van der Waals surface area contributed by atoms with Gasteiger partial charge in [0.25, 0.3) is 0 Å². The average Bonchev–Trinajstić information content (AvgIpc) is 2.66. The molecule has 3 rings (SSSR count). The van der Waals surface area contributed by atoms with E-state index in [1.807, 2.05) is 0 Å². The van der Waals surface area contributed by atoms with Crippen molar-refractivity contribution in [3.63, 3.8) is 0 Å². The van der Waals surface area contributed by atoms with Crippen LogP contribution in [0.2, 0.25) is 0 Å². The van der Waals surface area contributed by atoms with Crippen molar-refractivity contribution in [1.29, 1.82) is 0 Å². The fraction of sp³-hybridized carbons (Fsp3) is 0.600. The normalized spacial score (nSPS) is 26.4. The highest BCUT2D eigenvalue weighted by atomic mass is 19.2. The SMILES string of the molecule is CCOc1ccc(OCC2CCC(C3CC=CCO3)CC2)c(F)c1F. The van der Waals surface area contributed by atoms with E-state index >= 15 is 0 Å². The number of hydrogen-bond acceptors (Lipinski definition) is 3. The predicted molar refractivity (Wildman–Crippen MR) is 92.0 cm³/mol. The molecule has 1 aromatic carbocycles. The zero-order valence-electron chi connectivity index (χ0n) is 14.7. The molecule has 1 saturated carbocycles. The van der Waals surface area contributed by atoms with Crippen LogP contribution in [0.3, 0.4) is 0 Å². The van der Waals surface area contributed by atoms with E-state index in [0.29, 0.717) is 31.2 Å². The van der Waals surface area contributed by atoms with E-state index in [4.69, 9.17) is 14.2 Å². The predicted octanol–water partition coefficient (Wildman–Crippen LogP) is 4.89. The van der Waals surface area contributed by atoms with Crippen LogP contribution in [0.4, 0.5) is 8.78 Å². The van der Waals surface area contributed by atoms with Crippen LogP contribution in [-0.4, -0.2) is 25.9 Å². The summed E-state index contributed by atoms with van der Waals surface area (Å²) >= 11 is 0. The maximum atomic E-state index is 14.0. The number of rotatable bonds is 6. The lowest BCUT2D eigenvalue weighted by atomic mass is 9.78. The van der Waals surface area contributed by atoms with Crippen LogP contribution in [0.15, 0.2) is 24.3 Å². The van der Waals surface area contributed by atoms with Crippen LogP contribution in [-0.2, 0) is 4.74 Å². The second-order valence-corrected chi connectivity index (χ2v) is 6.79. The van der Waals surface area contributed by atoms with Gasteiger partial charge in [-0.15, -0.1) is 0 Å². The molecule has 1 aromatic rings. The molecular weight excluding hydrogens is 326 g/mol. The maximum absolute atomic E-state index is 14.0. The fourth-order valence-corrected chi connectivity index (χ4v) is 3.70. The Morgan fingerprint density at radius 1 is 1.00 bits per heavy atom. The van der Waals surface area contributed by atoms with Gasteiger partial charge in [-0.2, -0.15) is 8.78 Å². The second-order valence-electron chi connectivity index (χ2n) is 6.79. The molecule has 5 heteroatoms. The topological polar surface area (TPSA) is 27.7 Å². The van der Waals surface area contributed by atoms with Crippen LogP contribution in [0.5, 0.6) is 11.5 Å². The van der Waals surface area contributed by atoms with Crippen LogP contribution in [0, 0.1) is 23.5 Å². The minimum atomic E-state index is -0.981. The lowest BCUT2D eigenvalue weighted by Gasteiger charge is -2.34. The molecule has 0 saturated heterocycles. The first-order valence-electron chi connectivity index (χ1n) is 9.19. The van der Waals surface area contributed by atoms with E-state index in [1.54, 1.807) is 6.92 Å². The van der Waals surface area contributed by atoms with Gasteiger partial charge in [-0.05, 0) is 63.0 Å². The summed E-state index contributed by atoms with van der Waals surface area (Å²) in [5.74, 6) is -1.09. The van der Waals surface area contributed by atoms with Crippen molar-refractivity contribution in [3.8, 4) is 11.5 Å². The van der Waals surface area contributed by atoms with Gasteiger partial charge in [-0.1, -0.05) is 12.2 Å². The molecule has 1 aliphatic heterocycles. The molecule has 0 amide bonds. The molecule has 138 valence electrons. The van der Waals surface area contributed by atoms with Crippen molar-refractivity contribution in [3.05, 3.63) is 35.9 Å². The molecule has 3 nitrogen and oxygen atoms in total. The average molecular weight is 352 g/mol. The molecule has 0 radical (unpaired) electrons. The molecule has 1 aliphatic carbocycles. The Bertz CT molecular complexity index is 595. The Morgan fingerprint density at radius 3 is 2.28 bits per heavy atom. The molecular formula is C20H26F2O3. The molecule has 0 spiro atoms. The van der Waals surface area contributed by atoms with Crippen LogP contribution in [0.1, 0.15) is 39.0 Å². The monoisotopic (exact) mass is 352 g/mol. The third-order valence-corrected chi connectivity index (χ3v) is 5.14. The summed E-state index contributed by atoms with van der Waals surface area (Å²) in [7, 11) is 0. The number of hydrogen-bond donors (Lipinski definition) is 0. The number of benzene rings is 1. The zero-order chi connectivity index (χ0) is 17.6. The smallest absolute Gasteiger partial charge is 0.204 e. The van der Waals surface area contributed by atoms with Gasteiger partial charge in [-0.3, -0.25) is 0 Å². The van der Waals surface area contributed by atoms with Crippen molar-refractivity contribution in [2.24, 2.45) is 11.8 Å². The molecule has 2 aliphatic rings. The highest BCUT2D eigenvalue weighted by Crippen LogP contribution is 2.35. The van der Waals surface area contributed by atoms with Crippen molar-refractivity contribution < 1.29 is 23.0 Å². The Hall–Kier alpha value is -1.62. The van der Waals surface area contributed by atoms with E-state index in [0.717, 1.165) is 38.7 Å². The minimum Gasteiger partial charge on any atom is -0.491 e. The van der Waals surface area contributed by atoms with Gasteiger partial charge in [0.1, 0.15) is 0 Å². The van der Waals surface area contributed by atoms with Crippen LogP contribution in [0.25, 0.3) is 0 Å². The van der Waals surface area contributed by atoms with Crippen molar-refractivity contribution in [1.82, 2.24) is 0 Å². The van der Waals surface area contributed by atoms with Gasteiger partial charge in [-0.25, -0.2) is 0 Å². The summed E-state index contributed by atoms with van der Waals surface area (Å²) in [5, 5.41) is 0. The lowest BCUT2D eigenvalue weighted by Crippen LogP contribution is -2.30. The third-order valence-electron chi connectivity index (χ3n) is 5.14. The van der Waals surface area contributed by atoms with E-state index < -0.39 is 11.6 Å². The van der Waals surface area contributed by atoms with Gasteiger partial charge >= 0.3 is 0 Å². The Labute approximate surface area is 148 Å². The summed E-state index contributed by atoms with van der Waals surface area (Å²) in [5.41, 5.74) is 0. The first kappa shape index (κ1) is 18.2. The zero-order valence-corrected chi connectivity index (χ0v) is 14.7. The maximum Gasteiger partial charge on any atom is 0.204 e. The van der Waals surface area contributed by atoms with Crippen molar-refractivity contribution in [2.75, 3.05) is 19.8 Å². The highest BCUT2D eigenvalue weighted by molar-refractivity contribution is 5.35. The molecule has 1 unspecified atom stereocenters. The van der Waals surface area contributed by atoms with Crippen LogP contribution >= 0.6 is 0 Å². The van der Waals surface area contributed by atoms with E-state index in [-0.39, 0.29) is 11.5 Å². The molecule has 25 heavy (non-hydrogen) atoms. The first-order valence-corrected chi connectivity index (χ1v) is 9.19. The molecule has 1 heterocycles. The Kier molecular flexibility index (Phi) is 6.29. The van der Waals surface area contributed by atoms with E-state index in [9.17, 15) is 8.78 Å². The quantitative estimate of drug-likeness (QED) is 0.682. The first-order chi connectivity index (χ1) is 12.2. The second kappa shape index (κ2) is 8.65. The Balaban J connectivity index is 1.48. The Morgan fingerprint density at radius 2 is 1.68 bits per heavy atom. The molecule has 0 N–H and O–H groups in total. The van der Waals surface area contributed by atoms with Crippen LogP contribution < -0.4 is 9.47 Å². The van der Waals surface area contributed by atoms with Gasteiger partial charge < -0.3 is 14.2 Å². The van der Waals surface area contributed by atoms with E-state index in [1.165, 1.54) is 12.1 Å². The highest BCUT2D eigenvalue weighted by Gasteiger charge is 2.29. The summed E-state index contributed by atoms with van der Waals surface area (Å²) in [6, 6.07) is 2.86. The van der Waals surface area contributed by atoms with Gasteiger partial charge in [0, 0.05) is 0 Å². The number of ether oxygens (including phenoxy) is 3. The third kappa shape index (κ3) is 4.51. The minimum absolute atomic E-state index is 0.0381. The molecule has 1 atom stereocenters. The number of halogens is 2. The summed E-state index contributed by atoms with van der Waals surface area (Å²) in [4.78, 5) is 0. The van der Waals surface area contributed by atoms with E-state index in [2.05, 4.69) is 12.2 Å². The lowest BCUT2D eigenvalue weighted by molar-refractivity contribution is 0.00265. The molecule has 0 aromatic heterocycles. The van der Waals surface area contributed by atoms with Crippen molar-refractivity contribution >= 4 is 0 Å². The van der Waals surface area contributed by atoms with Gasteiger partial charge in [0.2, 0.25) is 11.6 Å². The standard InChI is InChI=1S/C20H26F2O3/c1-2-23-17-10-11-18(20(22)19(17)21)25-13-14-6-8-15(9-7-14)16-5-3-4-12-24-16/h3-4,10-11,14-16H,2,5-9,12-13H2,1H3. The largest absolute Gasteiger partial charge is 0.491 e. The van der Waals surface area contributed by atoms with Gasteiger partial charge in [0.15, 0.2) is 11.5 Å². The molecule has 1 fully saturated rings. The summed E-state index contributed by atoms with van der Waals surface area (Å²) in [6.07, 6.45) is 9.89.